The number of benzene rings is 1. The second-order valence-corrected chi connectivity index (χ2v) is 7.96. The number of likely N-dealkylation sites (tertiary alicyclic amines) is 1. The third kappa shape index (κ3) is 5.00. The lowest BCUT2D eigenvalue weighted by atomic mass is 9.98. The van der Waals surface area contributed by atoms with Gasteiger partial charge in [-0.2, -0.15) is 0 Å². The van der Waals surface area contributed by atoms with Crippen LogP contribution in [0.2, 0.25) is 0 Å². The number of hydrogen-bond donors (Lipinski definition) is 1. The lowest BCUT2D eigenvalue weighted by Gasteiger charge is -2.32. The smallest absolute Gasteiger partial charge is 0.340 e. The predicted molar refractivity (Wildman–Crippen MR) is 111 cm³/mol. The number of hydrogen-bond acceptors (Lipinski definition) is 4. The van der Waals surface area contributed by atoms with Crippen molar-refractivity contribution >= 4 is 11.9 Å². The molecule has 1 aliphatic heterocycles. The molecular formula is C23H30N2O4. The SMILES string of the molecule is Cc1[nH]c(C(=O)N2CCCC(COc3ccccc3)C2)c(C)c1C(=O)OC(C)C. The predicted octanol–water partition coefficient (Wildman–Crippen LogP) is 4.13. The highest BCUT2D eigenvalue weighted by molar-refractivity contribution is 6.00. The molecule has 0 spiro atoms. The minimum Gasteiger partial charge on any atom is -0.493 e. The molecule has 0 radical (unpaired) electrons. The van der Waals surface area contributed by atoms with Crippen molar-refractivity contribution in [3.8, 4) is 5.75 Å². The number of carbonyl (C=O) groups is 2. The molecule has 29 heavy (non-hydrogen) atoms. The van der Waals surface area contributed by atoms with E-state index in [1.54, 1.807) is 13.8 Å². The Morgan fingerprint density at radius 3 is 2.62 bits per heavy atom. The second-order valence-electron chi connectivity index (χ2n) is 7.96. The molecule has 2 heterocycles. The maximum atomic E-state index is 13.2. The van der Waals surface area contributed by atoms with Gasteiger partial charge in [0.05, 0.1) is 18.3 Å². The number of amides is 1. The number of nitrogens with one attached hydrogen (secondary N) is 1. The van der Waals surface area contributed by atoms with Gasteiger partial charge in [0.1, 0.15) is 11.4 Å². The van der Waals surface area contributed by atoms with Crippen LogP contribution in [0.15, 0.2) is 30.3 Å². The molecule has 3 rings (SSSR count). The molecule has 1 unspecified atom stereocenters. The third-order valence-electron chi connectivity index (χ3n) is 5.23. The van der Waals surface area contributed by atoms with E-state index >= 15 is 0 Å². The van der Waals surface area contributed by atoms with Gasteiger partial charge in [-0.25, -0.2) is 4.79 Å². The van der Waals surface area contributed by atoms with E-state index in [1.807, 2.05) is 49.1 Å². The van der Waals surface area contributed by atoms with Gasteiger partial charge >= 0.3 is 5.97 Å². The first-order valence-corrected chi connectivity index (χ1v) is 10.2. The van der Waals surface area contributed by atoms with Gasteiger partial charge in [-0.05, 0) is 58.2 Å². The van der Waals surface area contributed by atoms with E-state index in [-0.39, 0.29) is 17.9 Å². The van der Waals surface area contributed by atoms with Crippen LogP contribution in [0.3, 0.4) is 0 Å². The van der Waals surface area contributed by atoms with E-state index in [4.69, 9.17) is 9.47 Å². The quantitative estimate of drug-likeness (QED) is 0.743. The molecule has 1 fully saturated rings. The highest BCUT2D eigenvalue weighted by Gasteiger charge is 2.29. The second kappa shape index (κ2) is 9.16. The lowest BCUT2D eigenvalue weighted by Crippen LogP contribution is -2.42. The maximum Gasteiger partial charge on any atom is 0.340 e. The minimum atomic E-state index is -0.391. The Balaban J connectivity index is 1.67. The van der Waals surface area contributed by atoms with Crippen LogP contribution in [0, 0.1) is 19.8 Å². The zero-order chi connectivity index (χ0) is 21.0. The number of piperidine rings is 1. The summed E-state index contributed by atoms with van der Waals surface area (Å²) in [4.78, 5) is 30.5. The summed E-state index contributed by atoms with van der Waals surface area (Å²) in [5.41, 5.74) is 2.25. The van der Waals surface area contributed by atoms with Crippen LogP contribution in [0.5, 0.6) is 5.75 Å². The molecule has 0 saturated carbocycles. The van der Waals surface area contributed by atoms with Crippen molar-refractivity contribution in [3.05, 3.63) is 52.8 Å². The van der Waals surface area contributed by atoms with Crippen molar-refractivity contribution in [3.63, 3.8) is 0 Å². The Morgan fingerprint density at radius 2 is 1.93 bits per heavy atom. The summed E-state index contributed by atoms with van der Waals surface area (Å²) in [6.45, 7) is 9.17. The van der Waals surface area contributed by atoms with E-state index in [0.717, 1.165) is 18.6 Å². The van der Waals surface area contributed by atoms with Gasteiger partial charge in [-0.3, -0.25) is 4.79 Å². The van der Waals surface area contributed by atoms with E-state index < -0.39 is 5.97 Å². The van der Waals surface area contributed by atoms with E-state index in [1.165, 1.54) is 0 Å². The van der Waals surface area contributed by atoms with Crippen molar-refractivity contribution in [1.82, 2.24) is 9.88 Å². The van der Waals surface area contributed by atoms with E-state index in [9.17, 15) is 9.59 Å². The summed E-state index contributed by atoms with van der Waals surface area (Å²) in [6, 6.07) is 9.73. The highest BCUT2D eigenvalue weighted by atomic mass is 16.5. The number of rotatable bonds is 6. The van der Waals surface area contributed by atoms with Crippen molar-refractivity contribution in [2.75, 3.05) is 19.7 Å². The normalized spacial score (nSPS) is 16.7. The number of esters is 1. The molecule has 1 aromatic carbocycles. The number of para-hydroxylation sites is 1. The van der Waals surface area contributed by atoms with Crippen LogP contribution in [0.25, 0.3) is 0 Å². The Morgan fingerprint density at radius 1 is 1.21 bits per heavy atom. The number of carbonyl (C=O) groups excluding carboxylic acids is 2. The average Bonchev–Trinajstić information content (AvgIpc) is 3.00. The van der Waals surface area contributed by atoms with Gasteiger partial charge in [-0.15, -0.1) is 0 Å². The molecule has 1 aliphatic rings. The van der Waals surface area contributed by atoms with E-state index in [0.29, 0.717) is 42.2 Å². The summed E-state index contributed by atoms with van der Waals surface area (Å²) in [6.07, 6.45) is 1.77. The first kappa shape index (κ1) is 21.0. The molecule has 1 N–H and O–H groups in total. The Labute approximate surface area is 172 Å². The van der Waals surface area contributed by atoms with Crippen molar-refractivity contribution in [2.24, 2.45) is 5.92 Å². The Bertz CT molecular complexity index is 857. The first-order valence-electron chi connectivity index (χ1n) is 10.2. The standard InChI is InChI=1S/C23H30N2O4/c1-15(2)29-23(27)20-16(3)21(24-17(20)4)22(26)25-12-8-9-18(13-25)14-28-19-10-6-5-7-11-19/h5-7,10-11,15,18,24H,8-9,12-14H2,1-4H3. The number of nitrogens with zero attached hydrogens (tertiary/aromatic N) is 1. The van der Waals surface area contributed by atoms with Crippen molar-refractivity contribution < 1.29 is 19.1 Å². The molecule has 6 nitrogen and oxygen atoms in total. The molecule has 1 amide bonds. The Hall–Kier alpha value is -2.76. The van der Waals surface area contributed by atoms with Crippen LogP contribution in [0.4, 0.5) is 0 Å². The number of ether oxygens (including phenoxy) is 2. The molecule has 2 aromatic rings. The van der Waals surface area contributed by atoms with Gasteiger partial charge in [-0.1, -0.05) is 18.2 Å². The summed E-state index contributed by atoms with van der Waals surface area (Å²) < 4.78 is 11.2. The topological polar surface area (TPSA) is 71.6 Å². The molecular weight excluding hydrogens is 368 g/mol. The maximum absolute atomic E-state index is 13.2. The average molecular weight is 399 g/mol. The van der Waals surface area contributed by atoms with Crippen LogP contribution in [0.1, 0.15) is 58.8 Å². The van der Waals surface area contributed by atoms with Gasteiger partial charge in [0.2, 0.25) is 0 Å². The summed E-state index contributed by atoms with van der Waals surface area (Å²) in [5, 5.41) is 0. The van der Waals surface area contributed by atoms with Gasteiger partial charge in [0, 0.05) is 24.7 Å². The zero-order valence-corrected chi connectivity index (χ0v) is 17.7. The molecule has 0 aliphatic carbocycles. The molecule has 0 bridgehead atoms. The number of aryl methyl sites for hydroxylation is 1. The highest BCUT2D eigenvalue weighted by Crippen LogP contribution is 2.24. The lowest BCUT2D eigenvalue weighted by molar-refractivity contribution is 0.0376. The number of H-pyrrole nitrogens is 1. The fraction of sp³-hybridized carbons (Fsp3) is 0.478. The first-order chi connectivity index (χ1) is 13.9. The molecule has 156 valence electrons. The van der Waals surface area contributed by atoms with Crippen LogP contribution >= 0.6 is 0 Å². The molecule has 6 heteroatoms. The third-order valence-corrected chi connectivity index (χ3v) is 5.23. The van der Waals surface area contributed by atoms with E-state index in [2.05, 4.69) is 4.98 Å². The molecule has 1 atom stereocenters. The van der Waals surface area contributed by atoms with Gasteiger partial charge < -0.3 is 19.4 Å². The monoisotopic (exact) mass is 398 g/mol. The van der Waals surface area contributed by atoms with Crippen LogP contribution < -0.4 is 4.74 Å². The van der Waals surface area contributed by atoms with Gasteiger partial charge in [0.25, 0.3) is 5.91 Å². The minimum absolute atomic E-state index is 0.0707. The summed E-state index contributed by atoms with van der Waals surface area (Å²) >= 11 is 0. The molecule has 1 aromatic heterocycles. The fourth-order valence-electron chi connectivity index (χ4n) is 3.82. The number of aromatic amines is 1. The zero-order valence-electron chi connectivity index (χ0n) is 17.7. The Kier molecular flexibility index (Phi) is 6.62. The number of aromatic nitrogens is 1. The van der Waals surface area contributed by atoms with Crippen LogP contribution in [-0.4, -0.2) is 47.6 Å². The fourth-order valence-corrected chi connectivity index (χ4v) is 3.82. The summed E-state index contributed by atoms with van der Waals surface area (Å²) in [5.74, 6) is 0.673. The van der Waals surface area contributed by atoms with Crippen LogP contribution in [-0.2, 0) is 4.74 Å². The van der Waals surface area contributed by atoms with Crippen molar-refractivity contribution in [1.29, 1.82) is 0 Å². The summed E-state index contributed by atoms with van der Waals surface area (Å²) in [7, 11) is 0. The largest absolute Gasteiger partial charge is 0.493 e. The molecule has 1 saturated heterocycles. The van der Waals surface area contributed by atoms with Gasteiger partial charge in [0.15, 0.2) is 0 Å². The van der Waals surface area contributed by atoms with Crippen molar-refractivity contribution in [2.45, 2.75) is 46.6 Å².